The minimum absolute atomic E-state index is 0.0944. The molecule has 0 aliphatic rings. The second-order valence-corrected chi connectivity index (χ2v) is 2.95. The van der Waals surface area contributed by atoms with Gasteiger partial charge in [0.05, 0.1) is 0 Å². The van der Waals surface area contributed by atoms with Crippen LogP contribution in [0.3, 0.4) is 0 Å². The maximum absolute atomic E-state index is 11.2. The predicted molar refractivity (Wildman–Crippen MR) is 42.3 cm³/mol. The highest BCUT2D eigenvalue weighted by Crippen LogP contribution is 2.01. The second kappa shape index (κ2) is 3.94. The fourth-order valence-corrected chi connectivity index (χ4v) is 0.812. The zero-order valence-electron chi connectivity index (χ0n) is 7.24. The summed E-state index contributed by atoms with van der Waals surface area (Å²) in [4.78, 5) is 11.2. The summed E-state index contributed by atoms with van der Waals surface area (Å²) in [6.07, 6.45) is 1.07. The van der Waals surface area contributed by atoms with E-state index in [9.17, 15) is 4.79 Å². The first-order valence-electron chi connectivity index (χ1n) is 3.95. The molecule has 0 atom stereocenters. The highest BCUT2D eigenvalue weighted by atomic mass is 16.1. The quantitative estimate of drug-likeness (QED) is 0.704. The number of hydrogen-bond acceptors (Lipinski definition) is 4. The molecule has 12 heavy (non-hydrogen) atoms. The van der Waals surface area contributed by atoms with Crippen molar-refractivity contribution in [1.29, 1.82) is 0 Å². The van der Waals surface area contributed by atoms with Crippen LogP contribution in [0.15, 0.2) is 0 Å². The number of aromatic amines is 1. The number of aromatic nitrogens is 4. The van der Waals surface area contributed by atoms with Gasteiger partial charge in [0.2, 0.25) is 0 Å². The molecule has 0 aliphatic carbocycles. The fourth-order valence-electron chi connectivity index (χ4n) is 0.812. The van der Waals surface area contributed by atoms with Crippen LogP contribution >= 0.6 is 0 Å². The van der Waals surface area contributed by atoms with Gasteiger partial charge < -0.3 is 0 Å². The predicted octanol–water partition coefficient (Wildman–Crippen LogP) is 0.357. The lowest BCUT2D eigenvalue weighted by atomic mass is 10.0. The first-order chi connectivity index (χ1) is 5.70. The number of H-pyrrole nitrogens is 1. The van der Waals surface area contributed by atoms with E-state index >= 15 is 0 Å². The number of aryl methyl sites for hydroxylation is 1. The second-order valence-electron chi connectivity index (χ2n) is 2.95. The van der Waals surface area contributed by atoms with Gasteiger partial charge >= 0.3 is 0 Å². The minimum atomic E-state index is 0.0944. The number of carbonyl (C=O) groups excluding carboxylic acids is 1. The van der Waals surface area contributed by atoms with Crippen LogP contribution in [-0.2, 0) is 11.2 Å². The Hall–Kier alpha value is -1.26. The normalized spacial score (nSPS) is 10.6. The van der Waals surface area contributed by atoms with E-state index in [1.54, 1.807) is 0 Å². The van der Waals surface area contributed by atoms with Gasteiger partial charge in [-0.05, 0) is 0 Å². The molecule has 5 heteroatoms. The number of nitrogens with zero attached hydrogens (tertiary/aromatic N) is 3. The Morgan fingerprint density at radius 2 is 2.33 bits per heavy atom. The molecule has 5 nitrogen and oxygen atoms in total. The van der Waals surface area contributed by atoms with E-state index in [2.05, 4.69) is 20.6 Å². The van der Waals surface area contributed by atoms with Crippen LogP contribution in [0, 0.1) is 5.92 Å². The molecule has 0 unspecified atom stereocenters. The van der Waals surface area contributed by atoms with Gasteiger partial charge in [0, 0.05) is 18.8 Å². The third kappa shape index (κ3) is 2.41. The summed E-state index contributed by atoms with van der Waals surface area (Å²) in [6.45, 7) is 3.77. The molecule has 66 valence electrons. The molecule has 0 fully saturated rings. The molecule has 1 heterocycles. The summed E-state index contributed by atoms with van der Waals surface area (Å²) < 4.78 is 0. The SMILES string of the molecule is CC(C)C(=O)CCc1nn[nH]n1. The summed E-state index contributed by atoms with van der Waals surface area (Å²) in [5, 5.41) is 13.2. The van der Waals surface area contributed by atoms with Crippen LogP contribution in [0.2, 0.25) is 0 Å². The Labute approximate surface area is 70.6 Å². The molecule has 0 spiro atoms. The number of Topliss-reactive ketones (excluding diaryl/α,β-unsaturated/α-hetero) is 1. The number of ketones is 1. The van der Waals surface area contributed by atoms with E-state index in [1.807, 2.05) is 13.8 Å². The lowest BCUT2D eigenvalue weighted by Gasteiger charge is -2.00. The summed E-state index contributed by atoms with van der Waals surface area (Å²) in [6, 6.07) is 0. The third-order valence-electron chi connectivity index (χ3n) is 1.63. The van der Waals surface area contributed by atoms with Crippen molar-refractivity contribution in [3.8, 4) is 0 Å². The molecule has 1 aromatic heterocycles. The largest absolute Gasteiger partial charge is 0.299 e. The van der Waals surface area contributed by atoms with E-state index in [0.717, 1.165) is 0 Å². The molecular formula is C7H12N4O. The molecule has 0 amide bonds. The molecule has 0 radical (unpaired) electrons. The van der Waals surface area contributed by atoms with Gasteiger partial charge in [-0.2, -0.15) is 5.21 Å². The van der Waals surface area contributed by atoms with Gasteiger partial charge in [-0.15, -0.1) is 10.2 Å². The molecule has 0 aliphatic heterocycles. The maximum Gasteiger partial charge on any atom is 0.174 e. The lowest BCUT2D eigenvalue weighted by Crippen LogP contribution is -2.08. The van der Waals surface area contributed by atoms with Crippen molar-refractivity contribution in [1.82, 2.24) is 20.6 Å². The standard InChI is InChI=1S/C7H12N4O/c1-5(2)6(12)3-4-7-8-10-11-9-7/h5H,3-4H2,1-2H3,(H,8,9,10,11). The van der Waals surface area contributed by atoms with Gasteiger partial charge in [0.15, 0.2) is 5.82 Å². The van der Waals surface area contributed by atoms with E-state index in [0.29, 0.717) is 18.7 Å². The molecule has 1 rings (SSSR count). The molecule has 1 N–H and O–H groups in total. The van der Waals surface area contributed by atoms with Crippen molar-refractivity contribution >= 4 is 5.78 Å². The maximum atomic E-state index is 11.2. The Bertz CT molecular complexity index is 242. The molecule has 0 saturated carbocycles. The first-order valence-corrected chi connectivity index (χ1v) is 3.95. The van der Waals surface area contributed by atoms with Crippen molar-refractivity contribution < 1.29 is 4.79 Å². The Morgan fingerprint density at radius 1 is 1.58 bits per heavy atom. The Kier molecular flexibility index (Phi) is 2.90. The highest BCUT2D eigenvalue weighted by Gasteiger charge is 2.08. The van der Waals surface area contributed by atoms with Crippen LogP contribution in [0.5, 0.6) is 0 Å². The van der Waals surface area contributed by atoms with Crippen molar-refractivity contribution in [2.75, 3.05) is 0 Å². The van der Waals surface area contributed by atoms with Crippen LogP contribution < -0.4 is 0 Å². The van der Waals surface area contributed by atoms with Crippen molar-refractivity contribution in [3.63, 3.8) is 0 Å². The number of rotatable bonds is 4. The van der Waals surface area contributed by atoms with Gasteiger partial charge in [0.1, 0.15) is 5.78 Å². The van der Waals surface area contributed by atoms with Crippen molar-refractivity contribution in [3.05, 3.63) is 5.82 Å². The average molecular weight is 168 g/mol. The molecule has 0 bridgehead atoms. The number of hydrogen-bond donors (Lipinski definition) is 1. The van der Waals surface area contributed by atoms with E-state index < -0.39 is 0 Å². The third-order valence-corrected chi connectivity index (χ3v) is 1.63. The molecule has 1 aromatic rings. The van der Waals surface area contributed by atoms with E-state index in [1.165, 1.54) is 0 Å². The van der Waals surface area contributed by atoms with E-state index in [4.69, 9.17) is 0 Å². The highest BCUT2D eigenvalue weighted by molar-refractivity contribution is 5.80. The molecular weight excluding hydrogens is 156 g/mol. The summed E-state index contributed by atoms with van der Waals surface area (Å²) in [5.41, 5.74) is 0. The average Bonchev–Trinajstić information content (AvgIpc) is 2.51. The lowest BCUT2D eigenvalue weighted by molar-refractivity contribution is -0.121. The summed E-state index contributed by atoms with van der Waals surface area (Å²) in [5.74, 6) is 0.931. The van der Waals surface area contributed by atoms with E-state index in [-0.39, 0.29) is 11.7 Å². The Balaban J connectivity index is 2.32. The minimum Gasteiger partial charge on any atom is -0.299 e. The Morgan fingerprint density at radius 3 is 2.83 bits per heavy atom. The van der Waals surface area contributed by atoms with Crippen LogP contribution in [0.25, 0.3) is 0 Å². The van der Waals surface area contributed by atoms with Gasteiger partial charge in [-0.1, -0.05) is 19.1 Å². The van der Waals surface area contributed by atoms with Crippen LogP contribution in [0.1, 0.15) is 26.1 Å². The molecule has 0 aromatic carbocycles. The number of nitrogens with one attached hydrogen (secondary N) is 1. The van der Waals surface area contributed by atoms with Crippen LogP contribution in [-0.4, -0.2) is 26.4 Å². The zero-order valence-corrected chi connectivity index (χ0v) is 7.24. The zero-order chi connectivity index (χ0) is 8.97. The summed E-state index contributed by atoms with van der Waals surface area (Å²) in [7, 11) is 0. The topological polar surface area (TPSA) is 71.5 Å². The first kappa shape index (κ1) is 8.83. The number of carbonyl (C=O) groups is 1. The van der Waals surface area contributed by atoms with Gasteiger partial charge in [-0.25, -0.2) is 0 Å². The smallest absolute Gasteiger partial charge is 0.174 e. The van der Waals surface area contributed by atoms with Crippen molar-refractivity contribution in [2.24, 2.45) is 5.92 Å². The monoisotopic (exact) mass is 168 g/mol. The van der Waals surface area contributed by atoms with Crippen molar-refractivity contribution in [2.45, 2.75) is 26.7 Å². The number of tetrazole rings is 1. The fraction of sp³-hybridized carbons (Fsp3) is 0.714. The van der Waals surface area contributed by atoms with Crippen LogP contribution in [0.4, 0.5) is 0 Å². The molecule has 0 saturated heterocycles. The van der Waals surface area contributed by atoms with Gasteiger partial charge in [-0.3, -0.25) is 4.79 Å². The summed E-state index contributed by atoms with van der Waals surface area (Å²) >= 11 is 0. The van der Waals surface area contributed by atoms with Gasteiger partial charge in [0.25, 0.3) is 0 Å².